The molecule has 2 N–H and O–H groups in total. The summed E-state index contributed by atoms with van der Waals surface area (Å²) in [6.45, 7) is 5.95. The van der Waals surface area contributed by atoms with Crippen LogP contribution in [-0.4, -0.2) is 21.8 Å². The molecule has 1 aliphatic carbocycles. The predicted octanol–water partition coefficient (Wildman–Crippen LogP) is 2.35. The molecule has 0 radical (unpaired) electrons. The van der Waals surface area contributed by atoms with E-state index in [1.54, 1.807) is 0 Å². The molecule has 0 saturated heterocycles. The van der Waals surface area contributed by atoms with E-state index in [4.69, 9.17) is 5.11 Å². The van der Waals surface area contributed by atoms with Crippen LogP contribution in [0.15, 0.2) is 11.1 Å². The highest BCUT2D eigenvalue weighted by Gasteiger charge is 2.39. The van der Waals surface area contributed by atoms with E-state index in [-0.39, 0.29) is 6.42 Å². The van der Waals surface area contributed by atoms with Crippen molar-refractivity contribution in [3.05, 3.63) is 11.1 Å². The summed E-state index contributed by atoms with van der Waals surface area (Å²) in [6.07, 6.45) is 2.27. The maximum Gasteiger partial charge on any atom is 0.306 e. The molecular weight excluding hydrogens is 192 g/mol. The van der Waals surface area contributed by atoms with Crippen LogP contribution >= 0.6 is 0 Å². The van der Waals surface area contributed by atoms with Gasteiger partial charge in [0.2, 0.25) is 0 Å². The molecule has 0 bridgehead atoms. The maximum atomic E-state index is 10.8. The third kappa shape index (κ3) is 2.81. The van der Waals surface area contributed by atoms with Gasteiger partial charge in [-0.25, -0.2) is 0 Å². The molecule has 0 aromatic heterocycles. The normalized spacial score (nSPS) is 31.5. The van der Waals surface area contributed by atoms with Crippen molar-refractivity contribution in [2.24, 2.45) is 5.92 Å². The van der Waals surface area contributed by atoms with Crippen LogP contribution in [0.1, 0.15) is 46.5 Å². The molecule has 3 heteroatoms. The molecule has 0 amide bonds. The number of carboxylic acids is 1. The van der Waals surface area contributed by atoms with Gasteiger partial charge in [-0.15, -0.1) is 0 Å². The molecule has 86 valence electrons. The maximum absolute atomic E-state index is 10.8. The summed E-state index contributed by atoms with van der Waals surface area (Å²) < 4.78 is 0. The zero-order valence-corrected chi connectivity index (χ0v) is 9.71. The van der Waals surface area contributed by atoms with E-state index in [2.05, 4.69) is 6.92 Å². The molecule has 2 unspecified atom stereocenters. The minimum absolute atomic E-state index is 0.169. The first-order chi connectivity index (χ1) is 6.85. The zero-order valence-electron chi connectivity index (χ0n) is 9.71. The van der Waals surface area contributed by atoms with E-state index in [0.717, 1.165) is 24.0 Å². The first kappa shape index (κ1) is 12.2. The van der Waals surface area contributed by atoms with E-state index in [1.807, 2.05) is 13.8 Å². The quantitative estimate of drug-likeness (QED) is 0.691. The van der Waals surface area contributed by atoms with Gasteiger partial charge in [-0.05, 0) is 44.6 Å². The van der Waals surface area contributed by atoms with Crippen LogP contribution in [0.4, 0.5) is 0 Å². The predicted molar refractivity (Wildman–Crippen MR) is 58.6 cm³/mol. The van der Waals surface area contributed by atoms with Crippen molar-refractivity contribution in [1.29, 1.82) is 0 Å². The van der Waals surface area contributed by atoms with Gasteiger partial charge >= 0.3 is 5.97 Å². The van der Waals surface area contributed by atoms with Gasteiger partial charge in [-0.1, -0.05) is 12.5 Å². The van der Waals surface area contributed by atoms with E-state index in [1.165, 1.54) is 0 Å². The van der Waals surface area contributed by atoms with Crippen molar-refractivity contribution in [3.63, 3.8) is 0 Å². The molecule has 0 heterocycles. The van der Waals surface area contributed by atoms with Gasteiger partial charge in [0.1, 0.15) is 0 Å². The lowest BCUT2D eigenvalue weighted by Gasteiger charge is -2.38. The largest absolute Gasteiger partial charge is 0.481 e. The first-order valence-corrected chi connectivity index (χ1v) is 5.46. The van der Waals surface area contributed by atoms with Crippen LogP contribution in [0.2, 0.25) is 0 Å². The number of allylic oxidation sites excluding steroid dienone is 1. The fourth-order valence-corrected chi connectivity index (χ4v) is 2.57. The van der Waals surface area contributed by atoms with E-state index < -0.39 is 11.6 Å². The van der Waals surface area contributed by atoms with Crippen molar-refractivity contribution in [2.45, 2.75) is 52.1 Å². The number of carbonyl (C=O) groups is 1. The molecule has 1 saturated carbocycles. The van der Waals surface area contributed by atoms with Gasteiger partial charge in [0.25, 0.3) is 0 Å². The topological polar surface area (TPSA) is 57.5 Å². The molecule has 1 aliphatic rings. The van der Waals surface area contributed by atoms with Gasteiger partial charge in [0.15, 0.2) is 0 Å². The standard InChI is InChI=1S/C12H20O3/c1-8(2)10-5-4-9(3)6-12(10,15)7-11(13)14/h9,15H,4-7H2,1-3H3,(H,13,14). The summed E-state index contributed by atoms with van der Waals surface area (Å²) in [5, 5.41) is 19.2. The highest BCUT2D eigenvalue weighted by molar-refractivity contribution is 5.69. The number of aliphatic hydroxyl groups is 1. The van der Waals surface area contributed by atoms with Gasteiger partial charge in [0.05, 0.1) is 12.0 Å². The average Bonchev–Trinajstić information content (AvgIpc) is 1.99. The van der Waals surface area contributed by atoms with Gasteiger partial charge in [-0.2, -0.15) is 0 Å². The second-order valence-electron chi connectivity index (χ2n) is 4.93. The SMILES string of the molecule is CC(C)=C1CCC(C)CC1(O)CC(=O)O. The highest BCUT2D eigenvalue weighted by atomic mass is 16.4. The zero-order chi connectivity index (χ0) is 11.6. The summed E-state index contributed by atoms with van der Waals surface area (Å²) in [5.41, 5.74) is 0.885. The number of aliphatic carboxylic acids is 1. The molecule has 15 heavy (non-hydrogen) atoms. The summed E-state index contributed by atoms with van der Waals surface area (Å²) in [4.78, 5) is 10.8. The monoisotopic (exact) mass is 212 g/mol. The Kier molecular flexibility index (Phi) is 3.55. The smallest absolute Gasteiger partial charge is 0.306 e. The lowest BCUT2D eigenvalue weighted by molar-refractivity contribution is -0.142. The van der Waals surface area contributed by atoms with Gasteiger partial charge in [-0.3, -0.25) is 4.79 Å². The summed E-state index contributed by atoms with van der Waals surface area (Å²) in [5.74, 6) is -0.525. The Morgan fingerprint density at radius 2 is 2.13 bits per heavy atom. The second kappa shape index (κ2) is 4.35. The van der Waals surface area contributed by atoms with Gasteiger partial charge in [0, 0.05) is 0 Å². The Balaban J connectivity index is 2.97. The average molecular weight is 212 g/mol. The fraction of sp³-hybridized carbons (Fsp3) is 0.750. The van der Waals surface area contributed by atoms with Crippen molar-refractivity contribution in [3.8, 4) is 0 Å². The summed E-state index contributed by atoms with van der Waals surface area (Å²) in [6, 6.07) is 0. The minimum Gasteiger partial charge on any atom is -0.481 e. The summed E-state index contributed by atoms with van der Waals surface area (Å²) >= 11 is 0. The third-order valence-electron chi connectivity index (χ3n) is 3.18. The first-order valence-electron chi connectivity index (χ1n) is 5.46. The third-order valence-corrected chi connectivity index (χ3v) is 3.18. The molecule has 0 aromatic rings. The molecule has 1 fully saturated rings. The lowest BCUT2D eigenvalue weighted by atomic mass is 9.72. The number of hydrogen-bond donors (Lipinski definition) is 2. The van der Waals surface area contributed by atoms with E-state index in [9.17, 15) is 9.90 Å². The fourth-order valence-electron chi connectivity index (χ4n) is 2.57. The van der Waals surface area contributed by atoms with Crippen LogP contribution in [0.25, 0.3) is 0 Å². The lowest BCUT2D eigenvalue weighted by Crippen LogP contribution is -2.39. The highest BCUT2D eigenvalue weighted by Crippen LogP contribution is 2.40. The molecule has 0 aromatic carbocycles. The minimum atomic E-state index is -1.11. The summed E-state index contributed by atoms with van der Waals surface area (Å²) in [7, 11) is 0. The van der Waals surface area contributed by atoms with Crippen LogP contribution in [0, 0.1) is 5.92 Å². The molecular formula is C12H20O3. The van der Waals surface area contributed by atoms with Crippen LogP contribution in [0.5, 0.6) is 0 Å². The van der Waals surface area contributed by atoms with E-state index >= 15 is 0 Å². The number of hydrogen-bond acceptors (Lipinski definition) is 2. The Labute approximate surface area is 90.8 Å². The Morgan fingerprint density at radius 3 is 2.60 bits per heavy atom. The Morgan fingerprint density at radius 1 is 1.53 bits per heavy atom. The van der Waals surface area contributed by atoms with Crippen molar-refractivity contribution in [2.75, 3.05) is 0 Å². The number of rotatable bonds is 2. The van der Waals surface area contributed by atoms with Crippen molar-refractivity contribution in [1.82, 2.24) is 0 Å². The van der Waals surface area contributed by atoms with Crippen LogP contribution in [-0.2, 0) is 4.79 Å². The molecule has 2 atom stereocenters. The van der Waals surface area contributed by atoms with Gasteiger partial charge < -0.3 is 10.2 Å². The van der Waals surface area contributed by atoms with Crippen LogP contribution < -0.4 is 0 Å². The number of carboxylic acid groups (broad SMARTS) is 1. The molecule has 0 spiro atoms. The second-order valence-corrected chi connectivity index (χ2v) is 4.93. The molecule has 0 aliphatic heterocycles. The van der Waals surface area contributed by atoms with E-state index in [0.29, 0.717) is 12.3 Å². The van der Waals surface area contributed by atoms with Crippen LogP contribution in [0.3, 0.4) is 0 Å². The van der Waals surface area contributed by atoms with Crippen molar-refractivity contribution >= 4 is 5.97 Å². The Bertz CT molecular complexity index is 289. The molecule has 1 rings (SSSR count). The van der Waals surface area contributed by atoms with Crippen molar-refractivity contribution < 1.29 is 15.0 Å². The molecule has 3 nitrogen and oxygen atoms in total. The Hall–Kier alpha value is -0.830.